The summed E-state index contributed by atoms with van der Waals surface area (Å²) in [4.78, 5) is 11.8. The molecule has 0 bridgehead atoms. The van der Waals surface area contributed by atoms with Crippen LogP contribution in [0.25, 0.3) is 0 Å². The molecule has 0 radical (unpaired) electrons. The van der Waals surface area contributed by atoms with Crippen LogP contribution in [0.15, 0.2) is 52.2 Å². The van der Waals surface area contributed by atoms with Gasteiger partial charge in [-0.2, -0.15) is 5.10 Å². The molecule has 1 aromatic heterocycles. The molecule has 0 unspecified atom stereocenters. The van der Waals surface area contributed by atoms with Gasteiger partial charge in [0, 0.05) is 5.56 Å². The third-order valence-electron chi connectivity index (χ3n) is 2.52. The molecule has 2 rings (SSSR count). The molecule has 92 valence electrons. The van der Waals surface area contributed by atoms with Crippen molar-refractivity contribution >= 4 is 11.6 Å². The maximum Gasteiger partial charge on any atom is 0.271 e. The Balaban J connectivity index is 2.04. The number of benzene rings is 1. The Hall–Kier alpha value is -2.36. The highest BCUT2D eigenvalue weighted by Crippen LogP contribution is 2.04. The summed E-state index contributed by atoms with van der Waals surface area (Å²) in [5.74, 6) is 0.403. The molecule has 0 saturated heterocycles. The van der Waals surface area contributed by atoms with Crippen LogP contribution in [-0.4, -0.2) is 11.6 Å². The van der Waals surface area contributed by atoms with Gasteiger partial charge in [-0.15, -0.1) is 0 Å². The third-order valence-corrected chi connectivity index (χ3v) is 2.52. The maximum atomic E-state index is 11.8. The van der Waals surface area contributed by atoms with Crippen molar-refractivity contribution < 1.29 is 9.21 Å². The lowest BCUT2D eigenvalue weighted by atomic mass is 10.1. The van der Waals surface area contributed by atoms with Crippen molar-refractivity contribution in [1.29, 1.82) is 0 Å². The van der Waals surface area contributed by atoms with Crippen LogP contribution in [0, 0.1) is 6.92 Å². The number of rotatable bonds is 3. The summed E-state index contributed by atoms with van der Waals surface area (Å²) in [5.41, 5.74) is 4.81. The van der Waals surface area contributed by atoms with Crippen molar-refractivity contribution in [3.8, 4) is 0 Å². The van der Waals surface area contributed by atoms with Gasteiger partial charge in [0.25, 0.3) is 5.91 Å². The quantitative estimate of drug-likeness (QED) is 0.664. The number of carbonyl (C=O) groups excluding carboxylic acids is 1. The van der Waals surface area contributed by atoms with Gasteiger partial charge in [-0.05, 0) is 38.1 Å². The molecule has 0 saturated carbocycles. The van der Waals surface area contributed by atoms with E-state index < -0.39 is 0 Å². The molecule has 4 nitrogen and oxygen atoms in total. The number of amides is 1. The molecule has 1 amide bonds. The van der Waals surface area contributed by atoms with Gasteiger partial charge >= 0.3 is 0 Å². The van der Waals surface area contributed by atoms with Gasteiger partial charge in [0.1, 0.15) is 11.5 Å². The van der Waals surface area contributed by atoms with Crippen molar-refractivity contribution in [3.05, 3.63) is 59.5 Å². The Labute approximate surface area is 105 Å². The summed E-state index contributed by atoms with van der Waals surface area (Å²) in [5, 5.41) is 3.99. The fraction of sp³-hybridized carbons (Fsp3) is 0.143. The van der Waals surface area contributed by atoms with E-state index in [0.29, 0.717) is 17.0 Å². The molecule has 0 spiro atoms. The molecule has 2 aromatic rings. The van der Waals surface area contributed by atoms with Gasteiger partial charge in [-0.3, -0.25) is 4.79 Å². The molecular weight excluding hydrogens is 228 g/mol. The summed E-state index contributed by atoms with van der Waals surface area (Å²) in [6, 6.07) is 10.9. The first-order valence-corrected chi connectivity index (χ1v) is 5.62. The molecule has 1 aromatic carbocycles. The number of hydrogen-bond donors (Lipinski definition) is 1. The third kappa shape index (κ3) is 2.85. The minimum atomic E-state index is -0.235. The highest BCUT2D eigenvalue weighted by molar-refractivity contribution is 5.99. The van der Waals surface area contributed by atoms with Gasteiger partial charge < -0.3 is 4.42 Å². The summed E-state index contributed by atoms with van der Waals surface area (Å²) in [6.07, 6.45) is 1.57. The van der Waals surface area contributed by atoms with Crippen LogP contribution in [0.5, 0.6) is 0 Å². The lowest BCUT2D eigenvalue weighted by Crippen LogP contribution is -2.19. The van der Waals surface area contributed by atoms with Crippen molar-refractivity contribution in [2.24, 2.45) is 5.10 Å². The zero-order chi connectivity index (χ0) is 13.0. The first-order valence-electron chi connectivity index (χ1n) is 5.62. The second-order valence-electron chi connectivity index (χ2n) is 3.98. The number of nitrogens with zero attached hydrogens (tertiary/aromatic N) is 1. The Morgan fingerprint density at radius 1 is 1.22 bits per heavy atom. The predicted octanol–water partition coefficient (Wildman–Crippen LogP) is 2.74. The zero-order valence-electron chi connectivity index (χ0n) is 10.3. The number of aryl methyl sites for hydroxylation is 1. The largest absolute Gasteiger partial charge is 0.463 e. The Kier molecular flexibility index (Phi) is 3.57. The fourth-order valence-corrected chi connectivity index (χ4v) is 1.44. The molecule has 0 atom stereocenters. The van der Waals surface area contributed by atoms with Crippen LogP contribution >= 0.6 is 0 Å². The van der Waals surface area contributed by atoms with Crippen LogP contribution in [0.2, 0.25) is 0 Å². The van der Waals surface area contributed by atoms with Crippen LogP contribution in [0.4, 0.5) is 0 Å². The molecule has 4 heteroatoms. The summed E-state index contributed by atoms with van der Waals surface area (Å²) in [6.45, 7) is 3.75. The van der Waals surface area contributed by atoms with Crippen LogP contribution in [-0.2, 0) is 0 Å². The predicted molar refractivity (Wildman–Crippen MR) is 69.6 cm³/mol. The average Bonchev–Trinajstić information content (AvgIpc) is 2.90. The Bertz CT molecular complexity index is 554. The van der Waals surface area contributed by atoms with E-state index in [9.17, 15) is 4.79 Å². The van der Waals surface area contributed by atoms with E-state index in [0.717, 1.165) is 5.56 Å². The second-order valence-corrected chi connectivity index (χ2v) is 3.98. The van der Waals surface area contributed by atoms with Crippen molar-refractivity contribution in [2.75, 3.05) is 0 Å². The highest BCUT2D eigenvalue weighted by atomic mass is 16.3. The number of hydrazone groups is 1. The number of carbonyl (C=O) groups is 1. The van der Waals surface area contributed by atoms with Crippen LogP contribution < -0.4 is 5.43 Å². The van der Waals surface area contributed by atoms with Crippen LogP contribution in [0.1, 0.15) is 28.6 Å². The zero-order valence-corrected chi connectivity index (χ0v) is 10.3. The van der Waals surface area contributed by atoms with E-state index in [1.54, 1.807) is 37.5 Å². The van der Waals surface area contributed by atoms with Gasteiger partial charge in [-0.25, -0.2) is 5.43 Å². The van der Waals surface area contributed by atoms with Crippen molar-refractivity contribution in [1.82, 2.24) is 5.43 Å². The maximum absolute atomic E-state index is 11.8. The monoisotopic (exact) mass is 242 g/mol. The first kappa shape index (κ1) is 12.1. The molecule has 0 aliphatic carbocycles. The van der Waals surface area contributed by atoms with Gasteiger partial charge in [0.2, 0.25) is 0 Å². The summed E-state index contributed by atoms with van der Waals surface area (Å²) >= 11 is 0. The SMILES string of the molecule is C/C(=N/NC(=O)c1ccc(C)cc1)c1ccco1. The molecule has 0 fully saturated rings. The summed E-state index contributed by atoms with van der Waals surface area (Å²) < 4.78 is 5.17. The van der Waals surface area contributed by atoms with Gasteiger partial charge in [0.05, 0.1) is 6.26 Å². The minimum absolute atomic E-state index is 0.235. The molecule has 0 aliphatic heterocycles. The molecule has 18 heavy (non-hydrogen) atoms. The van der Waals surface area contributed by atoms with Crippen molar-refractivity contribution in [2.45, 2.75) is 13.8 Å². The molecule has 0 aliphatic rings. The second kappa shape index (κ2) is 5.31. The topological polar surface area (TPSA) is 54.6 Å². The van der Waals surface area contributed by atoms with Crippen molar-refractivity contribution in [3.63, 3.8) is 0 Å². The van der Waals surface area contributed by atoms with E-state index in [-0.39, 0.29) is 5.91 Å². The average molecular weight is 242 g/mol. The molecular formula is C14H14N2O2. The Morgan fingerprint density at radius 2 is 1.94 bits per heavy atom. The van der Waals surface area contributed by atoms with E-state index >= 15 is 0 Å². The van der Waals surface area contributed by atoms with E-state index in [2.05, 4.69) is 10.5 Å². The number of furan rings is 1. The number of nitrogens with one attached hydrogen (secondary N) is 1. The van der Waals surface area contributed by atoms with E-state index in [4.69, 9.17) is 4.42 Å². The first-order chi connectivity index (χ1) is 8.66. The Morgan fingerprint density at radius 3 is 2.56 bits per heavy atom. The summed E-state index contributed by atoms with van der Waals surface area (Å²) in [7, 11) is 0. The minimum Gasteiger partial charge on any atom is -0.463 e. The van der Waals surface area contributed by atoms with E-state index in [1.807, 2.05) is 19.1 Å². The number of hydrogen-bond acceptors (Lipinski definition) is 3. The van der Waals surface area contributed by atoms with E-state index in [1.165, 1.54) is 0 Å². The lowest BCUT2D eigenvalue weighted by Gasteiger charge is -2.01. The smallest absolute Gasteiger partial charge is 0.271 e. The standard InChI is InChI=1S/C14H14N2O2/c1-10-5-7-12(8-6-10)14(17)16-15-11(2)13-4-3-9-18-13/h3-9H,1-2H3,(H,16,17)/b15-11-. The van der Waals surface area contributed by atoms with Crippen LogP contribution in [0.3, 0.4) is 0 Å². The normalized spacial score (nSPS) is 11.3. The fourth-order valence-electron chi connectivity index (χ4n) is 1.44. The highest BCUT2D eigenvalue weighted by Gasteiger charge is 2.05. The van der Waals surface area contributed by atoms with Gasteiger partial charge in [-0.1, -0.05) is 17.7 Å². The van der Waals surface area contributed by atoms with Gasteiger partial charge in [0.15, 0.2) is 0 Å². The molecule has 1 heterocycles. The molecule has 1 N–H and O–H groups in total. The lowest BCUT2D eigenvalue weighted by molar-refractivity contribution is 0.0955.